The van der Waals surface area contributed by atoms with E-state index in [2.05, 4.69) is 5.16 Å². The molecular weight excluding hydrogens is 404 g/mol. The van der Waals surface area contributed by atoms with Gasteiger partial charge < -0.3 is 14.5 Å². The minimum Gasteiger partial charge on any atom is -0.390 e. The molecule has 0 saturated heterocycles. The number of hydrogen-bond donors (Lipinski definition) is 0. The van der Waals surface area contributed by atoms with Gasteiger partial charge in [-0.2, -0.15) is 13.2 Å². The Morgan fingerprint density at radius 1 is 1.23 bits per heavy atom. The molecule has 5 nitrogen and oxygen atoms in total. The van der Waals surface area contributed by atoms with Gasteiger partial charge in [0.25, 0.3) is 0 Å². The van der Waals surface area contributed by atoms with E-state index in [9.17, 15) is 22.4 Å². The lowest BCUT2D eigenvalue weighted by atomic mass is 10.0. The van der Waals surface area contributed by atoms with Crippen molar-refractivity contribution in [1.29, 1.82) is 0 Å². The van der Waals surface area contributed by atoms with Crippen molar-refractivity contribution in [3.05, 3.63) is 71.0 Å². The fourth-order valence-corrected chi connectivity index (χ4v) is 3.12. The Kier molecular flexibility index (Phi) is 6.71. The summed E-state index contributed by atoms with van der Waals surface area (Å²) in [5.74, 6) is -0.749. The first-order chi connectivity index (χ1) is 14.3. The summed E-state index contributed by atoms with van der Waals surface area (Å²) in [5.41, 5.74) is 0.870. The molecule has 9 heteroatoms. The lowest BCUT2D eigenvalue weighted by Crippen LogP contribution is -2.39. The summed E-state index contributed by atoms with van der Waals surface area (Å²) >= 11 is 0. The van der Waals surface area contributed by atoms with Crippen molar-refractivity contribution in [2.45, 2.75) is 25.2 Å². The van der Waals surface area contributed by atoms with Crippen molar-refractivity contribution >= 4 is 11.6 Å². The van der Waals surface area contributed by atoms with Gasteiger partial charge in [-0.1, -0.05) is 29.4 Å². The van der Waals surface area contributed by atoms with Gasteiger partial charge in [-0.05, 0) is 35.4 Å². The van der Waals surface area contributed by atoms with E-state index in [-0.39, 0.29) is 31.4 Å². The number of carbonyl (C=O) groups is 1. The third-order valence-electron chi connectivity index (χ3n) is 4.58. The standard InChI is InChI=1S/C21H20F4N2O3/c1-29-13-20(28)27(11-14-3-2-4-16(9-14)21(23,24)25)12-18-10-19(26-30-18)15-5-7-17(22)8-6-15/h2-9,18H,10-13H2,1H3/t18-/m0/s1. The molecule has 160 valence electrons. The number of halogens is 4. The Morgan fingerprint density at radius 3 is 2.63 bits per heavy atom. The lowest BCUT2D eigenvalue weighted by Gasteiger charge is -2.25. The van der Waals surface area contributed by atoms with E-state index in [0.29, 0.717) is 23.3 Å². The summed E-state index contributed by atoms with van der Waals surface area (Å²) in [6, 6.07) is 10.6. The minimum absolute atomic E-state index is 0.0299. The van der Waals surface area contributed by atoms with Crippen molar-refractivity contribution in [3.63, 3.8) is 0 Å². The van der Waals surface area contributed by atoms with Crippen LogP contribution in [0.25, 0.3) is 0 Å². The van der Waals surface area contributed by atoms with E-state index in [4.69, 9.17) is 9.57 Å². The molecule has 0 radical (unpaired) electrons. The van der Waals surface area contributed by atoms with Gasteiger partial charge in [0.15, 0.2) is 6.10 Å². The zero-order chi connectivity index (χ0) is 21.7. The van der Waals surface area contributed by atoms with Crippen molar-refractivity contribution in [2.24, 2.45) is 5.16 Å². The molecule has 3 rings (SSSR count). The highest BCUT2D eigenvalue weighted by molar-refractivity contribution is 6.01. The predicted octanol–water partition coefficient (Wildman–Crippen LogP) is 4.01. The average Bonchev–Trinajstić information content (AvgIpc) is 3.16. The first-order valence-corrected chi connectivity index (χ1v) is 9.17. The number of hydrogen-bond acceptors (Lipinski definition) is 4. The quantitative estimate of drug-likeness (QED) is 0.631. The van der Waals surface area contributed by atoms with Crippen LogP contribution >= 0.6 is 0 Å². The van der Waals surface area contributed by atoms with Crippen LogP contribution < -0.4 is 0 Å². The molecule has 0 bridgehead atoms. The maximum absolute atomic E-state index is 13.1. The molecule has 0 unspecified atom stereocenters. The maximum atomic E-state index is 13.1. The molecule has 1 aliphatic rings. The van der Waals surface area contributed by atoms with Gasteiger partial charge in [-0.15, -0.1) is 0 Å². The van der Waals surface area contributed by atoms with E-state index in [1.807, 2.05) is 0 Å². The first-order valence-electron chi connectivity index (χ1n) is 9.17. The van der Waals surface area contributed by atoms with Crippen molar-refractivity contribution in [1.82, 2.24) is 4.90 Å². The maximum Gasteiger partial charge on any atom is 0.416 e. The summed E-state index contributed by atoms with van der Waals surface area (Å²) in [4.78, 5) is 19.2. The summed E-state index contributed by atoms with van der Waals surface area (Å²) in [6.45, 7) is -0.123. The zero-order valence-corrected chi connectivity index (χ0v) is 16.2. The van der Waals surface area contributed by atoms with Crippen LogP contribution in [0.15, 0.2) is 53.7 Å². The van der Waals surface area contributed by atoms with Crippen LogP contribution in [0.1, 0.15) is 23.1 Å². The van der Waals surface area contributed by atoms with Gasteiger partial charge in [0.05, 0.1) is 17.8 Å². The number of nitrogens with zero attached hydrogens (tertiary/aromatic N) is 2. The number of rotatable bonds is 7. The number of oxime groups is 1. The van der Waals surface area contributed by atoms with Gasteiger partial charge in [-0.3, -0.25) is 4.79 Å². The molecule has 0 spiro atoms. The number of amides is 1. The number of carbonyl (C=O) groups excluding carboxylic acids is 1. The number of alkyl halides is 3. The Balaban J connectivity index is 1.69. The van der Waals surface area contributed by atoms with Gasteiger partial charge in [-0.25, -0.2) is 4.39 Å². The summed E-state index contributed by atoms with van der Waals surface area (Å²) in [5, 5.41) is 4.01. The highest BCUT2D eigenvalue weighted by Gasteiger charge is 2.31. The molecule has 1 amide bonds. The van der Waals surface area contributed by atoms with Crippen LogP contribution in [0.4, 0.5) is 17.6 Å². The lowest BCUT2D eigenvalue weighted by molar-refractivity contribution is -0.137. The smallest absolute Gasteiger partial charge is 0.390 e. The van der Waals surface area contributed by atoms with Crippen LogP contribution in [0.2, 0.25) is 0 Å². The van der Waals surface area contributed by atoms with Crippen molar-refractivity contribution < 1.29 is 31.9 Å². The number of benzene rings is 2. The highest BCUT2D eigenvalue weighted by Crippen LogP contribution is 2.30. The van der Waals surface area contributed by atoms with Crippen LogP contribution in [-0.2, 0) is 27.1 Å². The molecule has 2 aromatic carbocycles. The second-order valence-electron chi connectivity index (χ2n) is 6.88. The highest BCUT2D eigenvalue weighted by atomic mass is 19.4. The molecule has 2 aromatic rings. The predicted molar refractivity (Wildman–Crippen MR) is 101 cm³/mol. The molecular formula is C21H20F4N2O3. The summed E-state index contributed by atoms with van der Waals surface area (Å²) in [6.07, 6.45) is -4.56. The zero-order valence-electron chi connectivity index (χ0n) is 16.2. The monoisotopic (exact) mass is 424 g/mol. The Hall–Kier alpha value is -2.94. The molecule has 0 saturated carbocycles. The van der Waals surface area contributed by atoms with Crippen molar-refractivity contribution in [3.8, 4) is 0 Å². The Morgan fingerprint density at radius 2 is 1.97 bits per heavy atom. The van der Waals surface area contributed by atoms with Gasteiger partial charge in [0.2, 0.25) is 5.91 Å². The third-order valence-corrected chi connectivity index (χ3v) is 4.58. The molecule has 0 N–H and O–H groups in total. The molecule has 0 aromatic heterocycles. The second kappa shape index (κ2) is 9.25. The topological polar surface area (TPSA) is 51.1 Å². The number of methoxy groups -OCH3 is 1. The van der Waals surface area contributed by atoms with E-state index in [0.717, 1.165) is 12.1 Å². The average molecular weight is 424 g/mol. The van der Waals surface area contributed by atoms with Crippen LogP contribution in [0.5, 0.6) is 0 Å². The molecule has 0 aliphatic carbocycles. The first kappa shape index (κ1) is 21.8. The van der Waals surface area contributed by atoms with Crippen molar-refractivity contribution in [2.75, 3.05) is 20.3 Å². The molecule has 1 aliphatic heterocycles. The van der Waals surface area contributed by atoms with Gasteiger partial charge >= 0.3 is 6.18 Å². The molecule has 1 heterocycles. The van der Waals surface area contributed by atoms with E-state index in [1.54, 1.807) is 12.1 Å². The van der Waals surface area contributed by atoms with E-state index < -0.39 is 17.8 Å². The number of ether oxygens (including phenoxy) is 1. The van der Waals surface area contributed by atoms with Crippen LogP contribution in [0, 0.1) is 5.82 Å². The van der Waals surface area contributed by atoms with Gasteiger partial charge in [0, 0.05) is 20.1 Å². The third kappa shape index (κ3) is 5.56. The molecule has 30 heavy (non-hydrogen) atoms. The molecule has 1 atom stereocenters. The Labute approximate surface area is 170 Å². The van der Waals surface area contributed by atoms with E-state index >= 15 is 0 Å². The fourth-order valence-electron chi connectivity index (χ4n) is 3.12. The normalized spacial score (nSPS) is 16.2. The molecule has 0 fully saturated rings. The largest absolute Gasteiger partial charge is 0.416 e. The van der Waals surface area contributed by atoms with Gasteiger partial charge in [0.1, 0.15) is 12.4 Å². The van der Waals surface area contributed by atoms with Crippen LogP contribution in [0.3, 0.4) is 0 Å². The minimum atomic E-state index is -4.47. The summed E-state index contributed by atoms with van der Waals surface area (Å²) < 4.78 is 56.9. The Bertz CT molecular complexity index is 913. The summed E-state index contributed by atoms with van der Waals surface area (Å²) in [7, 11) is 1.36. The second-order valence-corrected chi connectivity index (χ2v) is 6.88. The van der Waals surface area contributed by atoms with Crippen LogP contribution in [-0.4, -0.2) is 42.9 Å². The SMILES string of the molecule is COCC(=O)N(Cc1cccc(C(F)(F)F)c1)C[C@@H]1CC(c2ccc(F)cc2)=NO1. The van der Waals surface area contributed by atoms with E-state index in [1.165, 1.54) is 36.3 Å². The fraction of sp³-hybridized carbons (Fsp3) is 0.333.